The second-order valence-corrected chi connectivity index (χ2v) is 9.21. The van der Waals surface area contributed by atoms with E-state index in [4.69, 9.17) is 14.5 Å². The number of anilines is 1. The van der Waals surface area contributed by atoms with Crippen molar-refractivity contribution in [1.29, 1.82) is 0 Å². The maximum absolute atomic E-state index is 6.32. The van der Waals surface area contributed by atoms with Gasteiger partial charge in [0, 0.05) is 5.39 Å². The Morgan fingerprint density at radius 3 is 1.92 bits per heavy atom. The highest BCUT2D eigenvalue weighted by atomic mass is 16.5. The molecule has 184 valence electrons. The number of aromatic amines is 1. The van der Waals surface area contributed by atoms with Gasteiger partial charge in [-0.15, -0.1) is 0 Å². The number of hydrogen-bond donors (Lipinski definition) is 1. The molecule has 3 aromatic carbocycles. The Labute approximate surface area is 211 Å². The van der Waals surface area contributed by atoms with Crippen molar-refractivity contribution in [1.82, 2.24) is 15.0 Å². The number of H-pyrrole nitrogens is 1. The Morgan fingerprint density at radius 2 is 1.31 bits per heavy atom. The van der Waals surface area contributed by atoms with Crippen LogP contribution in [0.15, 0.2) is 91.3 Å². The number of rotatable bonds is 11. The minimum atomic E-state index is 0.0340. The van der Waals surface area contributed by atoms with E-state index in [1.807, 2.05) is 35.2 Å². The first-order chi connectivity index (χ1) is 17.7. The zero-order valence-electron chi connectivity index (χ0n) is 20.8. The maximum Gasteiger partial charge on any atom is 0.161 e. The van der Waals surface area contributed by atoms with Crippen LogP contribution in [0.3, 0.4) is 0 Å². The number of nitrogens with zero attached hydrogens (tertiary/aromatic N) is 3. The molecule has 2 atom stereocenters. The number of ether oxygens (including phenoxy) is 2. The van der Waals surface area contributed by atoms with Crippen molar-refractivity contribution >= 4 is 27.8 Å². The number of para-hydroxylation sites is 1. The molecule has 0 saturated carbocycles. The van der Waals surface area contributed by atoms with E-state index in [1.165, 1.54) is 11.1 Å². The Hall–Kier alpha value is -3.74. The van der Waals surface area contributed by atoms with Gasteiger partial charge in [-0.3, -0.25) is 0 Å². The van der Waals surface area contributed by atoms with Gasteiger partial charge < -0.3 is 19.4 Å². The minimum Gasteiger partial charge on any atom is -0.358 e. The van der Waals surface area contributed by atoms with Gasteiger partial charge in [0.25, 0.3) is 0 Å². The fraction of sp³-hybridized carbons (Fsp3) is 0.267. The van der Waals surface area contributed by atoms with E-state index < -0.39 is 0 Å². The predicted octanol–water partition coefficient (Wildman–Crippen LogP) is 6.13. The summed E-state index contributed by atoms with van der Waals surface area (Å²) in [5.74, 6) is 0.753. The number of aromatic nitrogens is 3. The lowest BCUT2D eigenvalue weighted by atomic mass is 10.1. The fourth-order valence-corrected chi connectivity index (χ4v) is 4.44. The van der Waals surface area contributed by atoms with Crippen LogP contribution in [-0.4, -0.2) is 40.6 Å². The first kappa shape index (κ1) is 24.0. The Balaban J connectivity index is 1.37. The topological polar surface area (TPSA) is 63.3 Å². The smallest absolute Gasteiger partial charge is 0.161 e. The second kappa shape index (κ2) is 11.3. The van der Waals surface area contributed by atoms with Crippen LogP contribution in [0.1, 0.15) is 25.0 Å². The summed E-state index contributed by atoms with van der Waals surface area (Å²) >= 11 is 0. The molecule has 2 heterocycles. The van der Waals surface area contributed by atoms with Crippen molar-refractivity contribution in [2.45, 2.75) is 38.9 Å². The molecule has 6 heteroatoms. The molecular weight excluding hydrogens is 448 g/mol. The quantitative estimate of drug-likeness (QED) is 0.231. The first-order valence-electron chi connectivity index (χ1n) is 12.4. The summed E-state index contributed by atoms with van der Waals surface area (Å²) in [6.07, 6.45) is 3.46. The van der Waals surface area contributed by atoms with Crippen LogP contribution in [0.25, 0.3) is 21.9 Å². The highest BCUT2D eigenvalue weighted by molar-refractivity contribution is 6.06. The number of imidazole rings is 1. The average molecular weight is 481 g/mol. The van der Waals surface area contributed by atoms with Crippen molar-refractivity contribution in [3.05, 3.63) is 102 Å². The van der Waals surface area contributed by atoms with Gasteiger partial charge in [0.05, 0.1) is 29.6 Å². The summed E-state index contributed by atoms with van der Waals surface area (Å²) in [7, 11) is 0. The summed E-state index contributed by atoms with van der Waals surface area (Å²) in [6.45, 7) is 4.89. The fourth-order valence-electron chi connectivity index (χ4n) is 4.44. The van der Waals surface area contributed by atoms with Gasteiger partial charge in [-0.1, -0.05) is 78.9 Å². The summed E-state index contributed by atoms with van der Waals surface area (Å²) in [4.78, 5) is 14.9. The van der Waals surface area contributed by atoms with Crippen LogP contribution in [0, 0.1) is 0 Å². The third-order valence-corrected chi connectivity index (χ3v) is 6.31. The van der Waals surface area contributed by atoms with E-state index in [1.54, 1.807) is 6.33 Å². The zero-order chi connectivity index (χ0) is 24.7. The number of fused-ring (bicyclic) bond motifs is 3. The van der Waals surface area contributed by atoms with Crippen molar-refractivity contribution in [2.75, 3.05) is 18.4 Å². The summed E-state index contributed by atoms with van der Waals surface area (Å²) in [6, 6.07) is 28.9. The summed E-state index contributed by atoms with van der Waals surface area (Å²) in [5.41, 5.74) is 5.19. The molecule has 2 aromatic heterocycles. The SMILES string of the molecule is CC(Cc1ccccc1)OCN(COC(C)Cc1ccccc1)c1nc2ccccc2c2[nH]cnc12. The van der Waals surface area contributed by atoms with E-state index >= 15 is 0 Å². The zero-order valence-corrected chi connectivity index (χ0v) is 20.8. The Bertz CT molecular complexity index is 1340. The van der Waals surface area contributed by atoms with Gasteiger partial charge in [-0.25, -0.2) is 9.97 Å². The molecule has 0 aliphatic carbocycles. The van der Waals surface area contributed by atoms with Crippen LogP contribution in [-0.2, 0) is 22.3 Å². The number of pyridine rings is 1. The van der Waals surface area contributed by atoms with Crippen molar-refractivity contribution < 1.29 is 9.47 Å². The highest BCUT2D eigenvalue weighted by Gasteiger charge is 2.19. The van der Waals surface area contributed by atoms with E-state index in [9.17, 15) is 0 Å². The maximum atomic E-state index is 6.32. The molecule has 5 rings (SSSR count). The van der Waals surface area contributed by atoms with E-state index in [0.717, 1.165) is 40.6 Å². The molecule has 0 bridgehead atoms. The summed E-state index contributed by atoms with van der Waals surface area (Å²) < 4.78 is 12.6. The van der Waals surface area contributed by atoms with E-state index in [-0.39, 0.29) is 12.2 Å². The lowest BCUT2D eigenvalue weighted by molar-refractivity contribution is 0.0245. The van der Waals surface area contributed by atoms with Gasteiger partial charge >= 0.3 is 0 Å². The van der Waals surface area contributed by atoms with Crippen LogP contribution in [0.4, 0.5) is 5.82 Å². The molecule has 0 aliphatic rings. The molecule has 6 nitrogen and oxygen atoms in total. The van der Waals surface area contributed by atoms with Crippen molar-refractivity contribution in [3.63, 3.8) is 0 Å². The van der Waals surface area contributed by atoms with Crippen molar-refractivity contribution in [2.24, 2.45) is 0 Å². The van der Waals surface area contributed by atoms with Crippen LogP contribution in [0.2, 0.25) is 0 Å². The van der Waals surface area contributed by atoms with Gasteiger partial charge in [0.15, 0.2) is 5.82 Å². The lowest BCUT2D eigenvalue weighted by Gasteiger charge is -2.27. The number of benzene rings is 3. The van der Waals surface area contributed by atoms with Gasteiger partial charge in [-0.2, -0.15) is 0 Å². The number of nitrogens with one attached hydrogen (secondary N) is 1. The normalized spacial score (nSPS) is 13.2. The third-order valence-electron chi connectivity index (χ3n) is 6.31. The Morgan fingerprint density at radius 1 is 0.750 bits per heavy atom. The van der Waals surface area contributed by atoms with Gasteiger partial charge in [-0.05, 0) is 43.9 Å². The predicted molar refractivity (Wildman–Crippen MR) is 145 cm³/mol. The molecule has 1 N–H and O–H groups in total. The van der Waals surface area contributed by atoms with Crippen LogP contribution in [0.5, 0.6) is 0 Å². The lowest BCUT2D eigenvalue weighted by Crippen LogP contribution is -2.34. The largest absolute Gasteiger partial charge is 0.358 e. The summed E-state index contributed by atoms with van der Waals surface area (Å²) in [5, 5.41) is 1.05. The van der Waals surface area contributed by atoms with Crippen LogP contribution < -0.4 is 4.90 Å². The molecule has 5 aromatic rings. The molecule has 2 unspecified atom stereocenters. The molecule has 0 aliphatic heterocycles. The standard InChI is InChI=1S/C30H32N4O2/c1-22(17-24-11-5-3-6-12-24)35-20-34(21-36-23(2)18-25-13-7-4-8-14-25)30-29-28(31-19-32-29)26-15-9-10-16-27(26)33-30/h3-16,19,22-23H,17-18,20-21H2,1-2H3,(H,31,32). The van der Waals surface area contributed by atoms with Gasteiger partial charge in [0.1, 0.15) is 19.0 Å². The molecule has 0 radical (unpaired) electrons. The third kappa shape index (κ3) is 5.73. The molecule has 0 amide bonds. The minimum absolute atomic E-state index is 0.0340. The molecule has 0 fully saturated rings. The van der Waals surface area contributed by atoms with E-state index in [2.05, 4.69) is 78.4 Å². The van der Waals surface area contributed by atoms with Gasteiger partial charge in [0.2, 0.25) is 0 Å². The highest BCUT2D eigenvalue weighted by Crippen LogP contribution is 2.29. The molecule has 36 heavy (non-hydrogen) atoms. The molecule has 0 saturated heterocycles. The molecular formula is C30H32N4O2. The molecule has 0 spiro atoms. The average Bonchev–Trinajstić information content (AvgIpc) is 3.40. The number of hydrogen-bond acceptors (Lipinski definition) is 5. The van der Waals surface area contributed by atoms with Crippen LogP contribution >= 0.6 is 0 Å². The first-order valence-corrected chi connectivity index (χ1v) is 12.4. The Kier molecular flexibility index (Phi) is 7.55. The second-order valence-electron chi connectivity index (χ2n) is 9.21. The monoisotopic (exact) mass is 480 g/mol. The van der Waals surface area contributed by atoms with Crippen molar-refractivity contribution in [3.8, 4) is 0 Å². The van der Waals surface area contributed by atoms with E-state index in [0.29, 0.717) is 13.5 Å².